The van der Waals surface area contributed by atoms with Crippen LogP contribution in [-0.4, -0.2) is 18.0 Å². The number of carbonyl (C=O) groups excluding carboxylic acids is 2. The van der Waals surface area contributed by atoms with Crippen LogP contribution in [0.3, 0.4) is 0 Å². The molecule has 1 fully saturated rings. The summed E-state index contributed by atoms with van der Waals surface area (Å²) in [5.74, 6) is -0.255. The van der Waals surface area contributed by atoms with Crippen molar-refractivity contribution in [2.45, 2.75) is 19.9 Å². The summed E-state index contributed by atoms with van der Waals surface area (Å²) in [6.45, 7) is 3.75. The van der Waals surface area contributed by atoms with Crippen LogP contribution in [0.5, 0.6) is 0 Å². The fourth-order valence-corrected chi connectivity index (χ4v) is 1.43. The van der Waals surface area contributed by atoms with E-state index in [1.54, 1.807) is 6.92 Å². The van der Waals surface area contributed by atoms with Gasteiger partial charge in [0, 0.05) is 0 Å². The Morgan fingerprint density at radius 2 is 1.73 bits per heavy atom. The molecule has 3 rings (SSSR count). The van der Waals surface area contributed by atoms with Gasteiger partial charge in [-0.25, -0.2) is 4.79 Å². The fourth-order valence-electron chi connectivity index (χ4n) is 1.43. The number of benzene rings is 1. The SMILES string of the molecule is CC1NC(=O)NC1=O.Cc1cc2cc-2c1. The van der Waals surface area contributed by atoms with Gasteiger partial charge in [-0.3, -0.25) is 10.1 Å². The normalized spacial score (nSPS) is 20.0. The third kappa shape index (κ3) is 2.15. The number of hydrogen-bond donors (Lipinski definition) is 2. The summed E-state index contributed by atoms with van der Waals surface area (Å²) in [6, 6.07) is 5.84. The minimum absolute atomic E-state index is 0.255. The molecule has 1 aliphatic heterocycles. The van der Waals surface area contributed by atoms with E-state index >= 15 is 0 Å². The van der Waals surface area contributed by atoms with E-state index in [4.69, 9.17) is 0 Å². The van der Waals surface area contributed by atoms with Crippen LogP contribution in [0.4, 0.5) is 4.79 Å². The number of hydrogen-bond acceptors (Lipinski definition) is 2. The second kappa shape index (κ2) is 3.38. The summed E-state index contributed by atoms with van der Waals surface area (Å²) in [6.07, 6.45) is 0. The Morgan fingerprint density at radius 1 is 1.13 bits per heavy atom. The molecular weight excluding hydrogens is 192 g/mol. The van der Waals surface area contributed by atoms with Crippen LogP contribution in [0.1, 0.15) is 12.5 Å². The van der Waals surface area contributed by atoms with Crippen molar-refractivity contribution < 1.29 is 9.59 Å². The Labute approximate surface area is 87.7 Å². The maximum absolute atomic E-state index is 10.4. The number of nitrogens with one attached hydrogen (secondary N) is 2. The van der Waals surface area contributed by atoms with Gasteiger partial charge in [0.15, 0.2) is 0 Å². The average molecular weight is 204 g/mol. The highest BCUT2D eigenvalue weighted by Gasteiger charge is 2.24. The number of carbonyl (C=O) groups is 2. The summed E-state index contributed by atoms with van der Waals surface area (Å²) < 4.78 is 0. The number of amides is 3. The van der Waals surface area contributed by atoms with Crippen LogP contribution < -0.4 is 10.6 Å². The van der Waals surface area contributed by atoms with Crippen molar-refractivity contribution in [3.05, 3.63) is 23.8 Å². The van der Waals surface area contributed by atoms with Crippen molar-refractivity contribution in [2.24, 2.45) is 0 Å². The third-order valence-electron chi connectivity index (χ3n) is 2.30. The number of rotatable bonds is 0. The molecule has 4 nitrogen and oxygen atoms in total. The smallest absolute Gasteiger partial charge is 0.322 e. The van der Waals surface area contributed by atoms with E-state index in [0.29, 0.717) is 0 Å². The molecule has 4 heteroatoms. The molecule has 0 radical (unpaired) electrons. The zero-order valence-corrected chi connectivity index (χ0v) is 8.63. The van der Waals surface area contributed by atoms with Gasteiger partial charge in [0.05, 0.1) is 0 Å². The lowest BCUT2D eigenvalue weighted by atomic mass is 10.4. The lowest BCUT2D eigenvalue weighted by Gasteiger charge is -1.91. The molecule has 1 unspecified atom stereocenters. The molecule has 15 heavy (non-hydrogen) atoms. The van der Waals surface area contributed by atoms with Gasteiger partial charge in [-0.1, -0.05) is 12.1 Å². The second-order valence-corrected chi connectivity index (χ2v) is 3.77. The highest BCUT2D eigenvalue weighted by molar-refractivity contribution is 6.03. The van der Waals surface area contributed by atoms with Gasteiger partial charge in [0.25, 0.3) is 0 Å². The molecule has 0 bridgehead atoms. The second-order valence-electron chi connectivity index (χ2n) is 3.77. The van der Waals surface area contributed by atoms with Crippen molar-refractivity contribution in [2.75, 3.05) is 0 Å². The molecule has 0 aromatic rings. The van der Waals surface area contributed by atoms with Crippen molar-refractivity contribution in [1.82, 2.24) is 10.6 Å². The average Bonchev–Trinajstić information content (AvgIpc) is 2.63. The minimum Gasteiger partial charge on any atom is -0.326 e. The quantitative estimate of drug-likeness (QED) is 0.633. The first-order chi connectivity index (χ1) is 7.06. The summed E-state index contributed by atoms with van der Waals surface area (Å²) in [7, 11) is 0. The zero-order chi connectivity index (χ0) is 11.0. The molecule has 0 aromatic heterocycles. The molecule has 1 saturated heterocycles. The monoisotopic (exact) mass is 204 g/mol. The molecule has 0 saturated carbocycles. The van der Waals surface area contributed by atoms with Crippen molar-refractivity contribution in [3.63, 3.8) is 0 Å². The van der Waals surface area contributed by atoms with Gasteiger partial charge in [-0.15, -0.1) is 0 Å². The van der Waals surface area contributed by atoms with Crippen molar-refractivity contribution in [1.29, 1.82) is 0 Å². The summed E-state index contributed by atoms with van der Waals surface area (Å²) >= 11 is 0. The molecule has 0 aromatic carbocycles. The van der Waals surface area contributed by atoms with Crippen LogP contribution in [0.15, 0.2) is 18.2 Å². The zero-order valence-electron chi connectivity index (χ0n) is 8.63. The number of imide groups is 1. The van der Waals surface area contributed by atoms with Gasteiger partial charge in [0.1, 0.15) is 6.04 Å². The molecular formula is C11H12N2O2. The van der Waals surface area contributed by atoms with E-state index in [0.717, 1.165) is 0 Å². The van der Waals surface area contributed by atoms with E-state index in [1.807, 2.05) is 0 Å². The highest BCUT2D eigenvalue weighted by atomic mass is 16.2. The molecule has 3 aliphatic rings. The van der Waals surface area contributed by atoms with E-state index in [1.165, 1.54) is 16.7 Å². The van der Waals surface area contributed by atoms with Crippen LogP contribution in [-0.2, 0) is 4.79 Å². The predicted octanol–water partition coefficient (Wildman–Crippen LogP) is 1.19. The molecule has 1 heterocycles. The van der Waals surface area contributed by atoms with E-state index in [2.05, 4.69) is 35.8 Å². The van der Waals surface area contributed by atoms with Crippen LogP contribution in [0, 0.1) is 6.92 Å². The Bertz CT molecular complexity index is 420. The van der Waals surface area contributed by atoms with E-state index < -0.39 is 6.03 Å². The Hall–Kier alpha value is -1.84. The van der Waals surface area contributed by atoms with E-state index in [-0.39, 0.29) is 11.9 Å². The minimum atomic E-state index is -0.400. The van der Waals surface area contributed by atoms with Crippen LogP contribution >= 0.6 is 0 Å². The van der Waals surface area contributed by atoms with Crippen LogP contribution in [0.2, 0.25) is 0 Å². The topological polar surface area (TPSA) is 58.2 Å². The molecule has 78 valence electrons. The first-order valence-electron chi connectivity index (χ1n) is 4.79. The van der Waals surface area contributed by atoms with Crippen molar-refractivity contribution in [3.8, 4) is 11.1 Å². The summed E-state index contributed by atoms with van der Waals surface area (Å²) in [5.41, 5.74) is 4.28. The first-order valence-corrected chi connectivity index (χ1v) is 4.79. The van der Waals surface area contributed by atoms with Gasteiger partial charge >= 0.3 is 6.03 Å². The Morgan fingerprint density at radius 3 is 1.93 bits per heavy atom. The number of urea groups is 1. The standard InChI is InChI=1S/C7H6.C4H6N2O2/c1-5-2-6-4-7(6)3-5;1-2-3(7)6-4(8)5-2/h2-4H,1H3;2H,1H3,(H2,5,6,7,8). The molecule has 2 N–H and O–H groups in total. The Balaban J connectivity index is 0.000000114. The molecule has 2 aliphatic carbocycles. The summed E-state index contributed by atoms with van der Waals surface area (Å²) in [4.78, 5) is 20.6. The highest BCUT2D eigenvalue weighted by Crippen LogP contribution is 2.35. The van der Waals surface area contributed by atoms with E-state index in [9.17, 15) is 9.59 Å². The number of fused-ring (bicyclic) bond motifs is 1. The first kappa shape index (κ1) is 9.71. The van der Waals surface area contributed by atoms with Gasteiger partial charge in [-0.05, 0) is 36.6 Å². The number of aryl methyl sites for hydroxylation is 1. The predicted molar refractivity (Wildman–Crippen MR) is 56.3 cm³/mol. The maximum atomic E-state index is 10.4. The van der Waals surface area contributed by atoms with Crippen molar-refractivity contribution >= 4 is 11.9 Å². The molecule has 1 atom stereocenters. The lowest BCUT2D eigenvalue weighted by Crippen LogP contribution is -2.24. The van der Waals surface area contributed by atoms with Gasteiger partial charge < -0.3 is 5.32 Å². The third-order valence-corrected chi connectivity index (χ3v) is 2.30. The van der Waals surface area contributed by atoms with Gasteiger partial charge in [-0.2, -0.15) is 0 Å². The van der Waals surface area contributed by atoms with Crippen LogP contribution in [0.25, 0.3) is 11.1 Å². The summed E-state index contributed by atoms with van der Waals surface area (Å²) in [5, 5.41) is 4.44. The molecule has 3 amide bonds. The molecule has 0 spiro atoms. The largest absolute Gasteiger partial charge is 0.326 e. The lowest BCUT2D eigenvalue weighted by molar-refractivity contribution is -0.119. The fraction of sp³-hybridized carbons (Fsp3) is 0.273. The van der Waals surface area contributed by atoms with Gasteiger partial charge in [0.2, 0.25) is 5.91 Å². The Kier molecular flexibility index (Phi) is 2.19. The maximum Gasteiger partial charge on any atom is 0.322 e.